The third-order valence-corrected chi connectivity index (χ3v) is 4.97. The molecule has 3 N–H and O–H groups in total. The molecule has 0 aromatic rings. The van der Waals surface area contributed by atoms with E-state index in [1.807, 2.05) is 0 Å². The molecule has 0 saturated carbocycles. The van der Waals surface area contributed by atoms with Gasteiger partial charge in [-0.05, 0) is 0 Å². The lowest BCUT2D eigenvalue weighted by Gasteiger charge is -2.23. The lowest BCUT2D eigenvalue weighted by atomic mass is 10.9. The molecular formula is C4H3F6N3O6S2. The summed E-state index contributed by atoms with van der Waals surface area (Å²) in [5.41, 5.74) is -8.98. The van der Waals surface area contributed by atoms with Gasteiger partial charge in [-0.25, -0.2) is 9.59 Å². The van der Waals surface area contributed by atoms with Crippen LogP contribution in [0.1, 0.15) is 0 Å². The molecule has 0 aromatic carbocycles. The van der Waals surface area contributed by atoms with Crippen molar-refractivity contribution >= 4 is 32.1 Å². The second-order valence-electron chi connectivity index (χ2n) is 2.89. The highest BCUT2D eigenvalue weighted by Crippen LogP contribution is 2.35. The van der Waals surface area contributed by atoms with Gasteiger partial charge in [0.15, 0.2) is 0 Å². The molecule has 9 nitrogen and oxygen atoms in total. The third-order valence-electron chi connectivity index (χ3n) is 1.42. The Balaban J connectivity index is 6.35. The third kappa shape index (κ3) is 3.65. The van der Waals surface area contributed by atoms with Gasteiger partial charge in [0.1, 0.15) is 0 Å². The Bertz CT molecular complexity index is 603. The number of nitrogens with zero attached hydrogens (tertiary/aromatic N) is 1. The van der Waals surface area contributed by atoms with Crippen LogP contribution in [0.3, 0.4) is 0 Å². The molecule has 0 saturated heterocycles. The number of halogens is 6. The van der Waals surface area contributed by atoms with Gasteiger partial charge in [-0.15, -0.1) is 0 Å². The Morgan fingerprint density at radius 1 is 0.857 bits per heavy atom. The van der Waals surface area contributed by atoms with E-state index in [-0.39, 0.29) is 0 Å². The standard InChI is InChI=1S/C4H3F6N3O6S2/c5-3(6,7)20(16,17)13(2(15)12-1(11)14)21(18,19)4(8,9)10/h(H3,11,12,14,15). The first-order chi connectivity index (χ1) is 8.96. The number of rotatable bonds is 2. The quantitative estimate of drug-likeness (QED) is 0.646. The maximum atomic E-state index is 12.1. The minimum atomic E-state index is -7.32. The van der Waals surface area contributed by atoms with Gasteiger partial charge in [-0.3, -0.25) is 5.32 Å². The van der Waals surface area contributed by atoms with Gasteiger partial charge < -0.3 is 5.73 Å². The summed E-state index contributed by atoms with van der Waals surface area (Å²) in [5.74, 6) is 0. The van der Waals surface area contributed by atoms with Gasteiger partial charge >= 0.3 is 43.1 Å². The van der Waals surface area contributed by atoms with Crippen LogP contribution >= 0.6 is 0 Å². The van der Waals surface area contributed by atoms with Crippen molar-refractivity contribution in [1.82, 2.24) is 9.03 Å². The fraction of sp³-hybridized carbons (Fsp3) is 0.500. The molecule has 0 aliphatic rings. The maximum Gasteiger partial charge on any atom is 0.517 e. The number of amides is 4. The fourth-order valence-electron chi connectivity index (χ4n) is 0.687. The number of hydrogen-bond donors (Lipinski definition) is 2. The van der Waals surface area contributed by atoms with Gasteiger partial charge in [0, 0.05) is 0 Å². The molecule has 0 heterocycles. The van der Waals surface area contributed by atoms with Crippen LogP contribution in [0.4, 0.5) is 35.9 Å². The lowest BCUT2D eigenvalue weighted by Crippen LogP contribution is -2.56. The van der Waals surface area contributed by atoms with Crippen molar-refractivity contribution < 1.29 is 52.8 Å². The molecule has 0 rings (SSSR count). The van der Waals surface area contributed by atoms with E-state index in [0.717, 1.165) is 0 Å². The Hall–Kier alpha value is -1.78. The highest BCUT2D eigenvalue weighted by atomic mass is 32.3. The lowest BCUT2D eigenvalue weighted by molar-refractivity contribution is -0.0518. The van der Waals surface area contributed by atoms with Crippen molar-refractivity contribution in [1.29, 1.82) is 0 Å². The summed E-state index contributed by atoms with van der Waals surface area (Å²) in [6.45, 7) is 0. The minimum Gasteiger partial charge on any atom is -0.351 e. The normalized spacial score (nSPS) is 13.6. The largest absolute Gasteiger partial charge is 0.517 e. The average Bonchev–Trinajstić information content (AvgIpc) is 2.10. The molecule has 0 aliphatic carbocycles. The summed E-state index contributed by atoms with van der Waals surface area (Å²) in [4.78, 5) is 21.1. The molecule has 4 amide bonds. The first-order valence-electron chi connectivity index (χ1n) is 3.99. The van der Waals surface area contributed by atoms with Crippen LogP contribution in [0.5, 0.6) is 0 Å². The van der Waals surface area contributed by atoms with E-state index in [0.29, 0.717) is 5.32 Å². The van der Waals surface area contributed by atoms with Gasteiger partial charge in [0.25, 0.3) is 0 Å². The van der Waals surface area contributed by atoms with E-state index in [1.54, 1.807) is 0 Å². The molecule has 0 atom stereocenters. The SMILES string of the molecule is NC(=O)NC(=O)N(S(=O)(=O)C(F)(F)F)S(=O)(=O)C(F)(F)F. The number of nitrogens with two attached hydrogens (primary N) is 1. The Morgan fingerprint density at radius 2 is 1.14 bits per heavy atom. The smallest absolute Gasteiger partial charge is 0.351 e. The minimum absolute atomic E-state index is 0.467. The van der Waals surface area contributed by atoms with Crippen molar-refractivity contribution in [3.63, 3.8) is 0 Å². The molecule has 21 heavy (non-hydrogen) atoms. The molecule has 0 unspecified atom stereocenters. The molecule has 0 aliphatic heterocycles. The molecule has 0 bridgehead atoms. The summed E-state index contributed by atoms with van der Waals surface area (Å²) in [6, 6.07) is -5.17. The van der Waals surface area contributed by atoms with E-state index < -0.39 is 46.8 Å². The van der Waals surface area contributed by atoms with Crippen LogP contribution in [-0.4, -0.2) is 43.6 Å². The number of carbonyl (C=O) groups is 2. The highest BCUT2D eigenvalue weighted by molar-refractivity contribution is 8.05. The summed E-state index contributed by atoms with van der Waals surface area (Å²) in [5, 5.41) is 0.467. The molecular weight excluding hydrogens is 364 g/mol. The van der Waals surface area contributed by atoms with E-state index in [4.69, 9.17) is 0 Å². The molecule has 0 fully saturated rings. The van der Waals surface area contributed by atoms with Crippen LogP contribution in [0.25, 0.3) is 0 Å². The molecule has 124 valence electrons. The summed E-state index contributed by atoms with van der Waals surface area (Å²) < 4.78 is 113. The van der Waals surface area contributed by atoms with E-state index in [9.17, 15) is 52.8 Å². The second-order valence-corrected chi connectivity index (χ2v) is 6.68. The van der Waals surface area contributed by atoms with E-state index in [1.165, 1.54) is 0 Å². The number of sulfonamides is 2. The number of urea groups is 2. The predicted octanol–water partition coefficient (Wildman–Crippen LogP) is -0.224. The Labute approximate surface area is 111 Å². The van der Waals surface area contributed by atoms with Crippen molar-refractivity contribution in [2.75, 3.05) is 0 Å². The number of carbonyl (C=O) groups excluding carboxylic acids is 2. The number of alkyl halides is 6. The zero-order valence-electron chi connectivity index (χ0n) is 9.06. The van der Waals surface area contributed by atoms with E-state index >= 15 is 0 Å². The van der Waals surface area contributed by atoms with Crippen LogP contribution in [0, 0.1) is 0 Å². The predicted molar refractivity (Wildman–Crippen MR) is 49.9 cm³/mol. The zero-order valence-corrected chi connectivity index (χ0v) is 10.7. The molecule has 0 spiro atoms. The number of nitrogens with one attached hydrogen (secondary N) is 1. The summed E-state index contributed by atoms with van der Waals surface area (Å²) in [6.07, 6.45) is 0. The first kappa shape index (κ1) is 19.2. The average molecular weight is 367 g/mol. The zero-order chi connectivity index (χ0) is 17.4. The fourth-order valence-corrected chi connectivity index (χ4v) is 3.13. The van der Waals surface area contributed by atoms with Crippen molar-refractivity contribution in [3.8, 4) is 0 Å². The van der Waals surface area contributed by atoms with Crippen molar-refractivity contribution in [2.24, 2.45) is 5.73 Å². The second kappa shape index (κ2) is 5.20. The maximum absolute atomic E-state index is 12.1. The van der Waals surface area contributed by atoms with Crippen molar-refractivity contribution in [3.05, 3.63) is 0 Å². The molecule has 0 aromatic heterocycles. The van der Waals surface area contributed by atoms with Gasteiger partial charge in [-0.1, -0.05) is 3.71 Å². The summed E-state index contributed by atoms with van der Waals surface area (Å²) >= 11 is 0. The van der Waals surface area contributed by atoms with E-state index in [2.05, 4.69) is 5.73 Å². The Morgan fingerprint density at radius 3 is 1.33 bits per heavy atom. The topological polar surface area (TPSA) is 144 Å². The van der Waals surface area contributed by atoms with Gasteiger partial charge in [0.05, 0.1) is 0 Å². The van der Waals surface area contributed by atoms with Crippen LogP contribution < -0.4 is 11.1 Å². The number of imide groups is 1. The monoisotopic (exact) mass is 367 g/mol. The van der Waals surface area contributed by atoms with Crippen LogP contribution in [0.2, 0.25) is 0 Å². The Kier molecular flexibility index (Phi) is 4.76. The van der Waals surface area contributed by atoms with Crippen LogP contribution in [0.15, 0.2) is 0 Å². The van der Waals surface area contributed by atoms with Crippen molar-refractivity contribution in [2.45, 2.75) is 11.0 Å². The summed E-state index contributed by atoms with van der Waals surface area (Å²) in [7, 11) is -14.6. The molecule has 0 radical (unpaired) electrons. The van der Waals surface area contributed by atoms with Crippen LogP contribution in [-0.2, 0) is 20.0 Å². The first-order valence-corrected chi connectivity index (χ1v) is 6.87. The molecule has 17 heteroatoms. The number of primary amides is 1. The number of hydrogen-bond acceptors (Lipinski definition) is 6. The highest BCUT2D eigenvalue weighted by Gasteiger charge is 2.63. The van der Waals surface area contributed by atoms with Gasteiger partial charge in [-0.2, -0.15) is 43.2 Å². The van der Waals surface area contributed by atoms with Gasteiger partial charge in [0.2, 0.25) is 0 Å².